The Kier molecular flexibility index (Phi) is 7.86. The van der Waals surface area contributed by atoms with Gasteiger partial charge in [-0.3, -0.25) is 37.2 Å². The van der Waals surface area contributed by atoms with Crippen LogP contribution < -0.4 is 0 Å². The molecule has 0 bridgehead atoms. The summed E-state index contributed by atoms with van der Waals surface area (Å²) in [5.41, 5.74) is 1.42. The van der Waals surface area contributed by atoms with Gasteiger partial charge in [0.15, 0.2) is 11.4 Å². The van der Waals surface area contributed by atoms with Crippen LogP contribution in [0, 0.1) is 48.5 Å². The van der Waals surface area contributed by atoms with Crippen LogP contribution in [0.4, 0.5) is 28.9 Å². The number of hydrogen-bond donors (Lipinski definition) is 0. The molecular weight excluding hydrogens is 772 g/mol. The molecule has 0 amide bonds. The van der Waals surface area contributed by atoms with Crippen LogP contribution >= 0.6 is 0 Å². The van der Waals surface area contributed by atoms with E-state index in [1.165, 1.54) is 0 Å². The summed E-state index contributed by atoms with van der Waals surface area (Å²) in [6, 6.07) is 32.3. The third-order valence-corrected chi connectivity index (χ3v) is 7.95. The monoisotopic (exact) mass is 787 g/mol. The molecule has 0 saturated heterocycles. The van der Waals surface area contributed by atoms with E-state index in [0.717, 1.165) is 34.4 Å². The second kappa shape index (κ2) is 11.8. The molecule has 0 radical (unpaired) electrons. The van der Waals surface area contributed by atoms with Crippen molar-refractivity contribution in [1.82, 2.24) is 9.97 Å². The van der Waals surface area contributed by atoms with Crippen LogP contribution in [-0.2, 0) is 26.5 Å². The van der Waals surface area contributed by atoms with Gasteiger partial charge in [0.25, 0.3) is 0 Å². The molecule has 9 heteroatoms. The van der Waals surface area contributed by atoms with Gasteiger partial charge in [-0.25, -0.2) is 0 Å². The molecule has 2 aromatic heterocycles. The Bertz CT molecular complexity index is 2110. The Morgan fingerprint density at radius 2 is 0.978 bits per heavy atom. The Balaban J connectivity index is 0.00000372. The first kappa shape index (κ1) is 30.6. The van der Waals surface area contributed by atoms with E-state index >= 15 is 8.78 Å². The minimum atomic E-state index is -1.21. The molecule has 2 heterocycles. The summed E-state index contributed by atoms with van der Waals surface area (Å²) < 4.78 is 59.1. The van der Waals surface area contributed by atoms with E-state index in [-0.39, 0.29) is 43.6 Å². The average Bonchev–Trinajstić information content (AvgIpc) is 3.37. The van der Waals surface area contributed by atoms with Crippen molar-refractivity contribution in [3.8, 4) is 33.6 Å². The van der Waals surface area contributed by atoms with Gasteiger partial charge in [0.1, 0.15) is 5.41 Å². The first-order chi connectivity index (χ1) is 21.9. The van der Waals surface area contributed by atoms with E-state index in [1.807, 2.05) is 48.5 Å². The van der Waals surface area contributed by atoms with Crippen molar-refractivity contribution in [2.75, 3.05) is 0 Å². The average molecular weight is 788 g/mol. The molecule has 0 unspecified atom stereocenters. The van der Waals surface area contributed by atoms with Crippen LogP contribution in [0.3, 0.4) is 0 Å². The van der Waals surface area contributed by atoms with E-state index < -0.39 is 40.1 Å². The number of aromatic nitrogens is 2. The van der Waals surface area contributed by atoms with Gasteiger partial charge in [0.05, 0.1) is 24.5 Å². The molecule has 0 N–H and O–H groups in total. The number of fused-ring (bicyclic) bond motifs is 3. The van der Waals surface area contributed by atoms with E-state index in [4.69, 9.17) is 23.1 Å². The molecule has 0 aliphatic heterocycles. The zero-order valence-electron chi connectivity index (χ0n) is 23.4. The largest absolute Gasteiger partial charge is 2.00 e. The van der Waals surface area contributed by atoms with Gasteiger partial charge < -0.3 is 0 Å². The van der Waals surface area contributed by atoms with Crippen molar-refractivity contribution in [2.45, 2.75) is 5.41 Å². The van der Waals surface area contributed by atoms with Crippen molar-refractivity contribution in [3.05, 3.63) is 178 Å². The Morgan fingerprint density at radius 1 is 0.565 bits per heavy atom. The summed E-state index contributed by atoms with van der Waals surface area (Å²) in [4.78, 5) is 15.8. The molecule has 7 rings (SSSR count). The van der Waals surface area contributed by atoms with Crippen LogP contribution in [0.1, 0.15) is 22.5 Å². The van der Waals surface area contributed by atoms with Gasteiger partial charge in [0, 0.05) is 23.3 Å². The van der Waals surface area contributed by atoms with Crippen molar-refractivity contribution in [2.24, 2.45) is 0 Å². The topological polar surface area (TPSA) is 34.5 Å². The van der Waals surface area contributed by atoms with Crippen LogP contribution in [-0.4, -0.2) is 9.97 Å². The van der Waals surface area contributed by atoms with Crippen molar-refractivity contribution in [1.29, 1.82) is 0 Å². The van der Waals surface area contributed by atoms with E-state index in [2.05, 4.69) is 21.8 Å². The molecular formula is C37H16F4N4Pt. The van der Waals surface area contributed by atoms with Gasteiger partial charge in [-0.15, -0.1) is 35.4 Å². The van der Waals surface area contributed by atoms with Crippen molar-refractivity contribution < 1.29 is 38.6 Å². The van der Waals surface area contributed by atoms with Gasteiger partial charge in [-0.2, -0.15) is 0 Å². The summed E-state index contributed by atoms with van der Waals surface area (Å²) in [6.45, 7) is 14.5. The smallest absolute Gasteiger partial charge is 0.300 e. The fourth-order valence-corrected chi connectivity index (χ4v) is 6.04. The Hall–Kier alpha value is -5.43. The second-order valence-corrected chi connectivity index (χ2v) is 10.2. The molecule has 0 fully saturated rings. The molecule has 222 valence electrons. The molecule has 0 spiro atoms. The standard InChI is InChI=1S/C37H16F4N4.Pt/c1-42-35-27(38)19-17-23(33(35)40)29-13-7-15-31(44-29)37(25-11-5-3-9-21(25)22-10-4-6-12-26(22)37)32-16-8-14-30(45-32)24-18-20-28(39)36(43-2)34(24)41;/h3-16,19-20H;/q-2;+2. The number of hydrogen-bond acceptors (Lipinski definition) is 2. The summed E-state index contributed by atoms with van der Waals surface area (Å²) in [7, 11) is 0. The van der Waals surface area contributed by atoms with E-state index in [0.29, 0.717) is 11.4 Å². The zero-order chi connectivity index (χ0) is 31.3. The maximum Gasteiger partial charge on any atom is 2.00 e. The predicted octanol–water partition coefficient (Wildman–Crippen LogP) is 9.43. The quantitative estimate of drug-likeness (QED) is 0.132. The molecule has 1 aliphatic carbocycles. The third-order valence-electron chi connectivity index (χ3n) is 7.95. The third kappa shape index (κ3) is 4.45. The number of nitrogens with zero attached hydrogens (tertiary/aromatic N) is 4. The minimum absolute atomic E-state index is 0. The summed E-state index contributed by atoms with van der Waals surface area (Å²) in [5, 5.41) is 0. The Morgan fingerprint density at radius 3 is 1.39 bits per heavy atom. The van der Waals surface area contributed by atoms with Crippen LogP contribution in [0.2, 0.25) is 0 Å². The molecule has 1 aliphatic rings. The summed E-state index contributed by atoms with van der Waals surface area (Å²) in [5.74, 6) is -4.20. The SMILES string of the molecule is [C-]#[N+]c1c(F)c[c-]c(-c2cccc(C3(c4cccc(-c5[c-]cc(F)c([N+]#[C-])c5F)n4)c4ccccc4-c4ccccc43)n2)c1F.[Pt+2]. The van der Waals surface area contributed by atoms with Gasteiger partial charge in [-0.05, 0) is 45.8 Å². The molecule has 4 nitrogen and oxygen atoms in total. The van der Waals surface area contributed by atoms with Gasteiger partial charge >= 0.3 is 21.1 Å². The normalized spacial score (nSPS) is 12.3. The Labute approximate surface area is 276 Å². The number of pyridine rings is 2. The molecule has 6 aromatic rings. The molecule has 0 atom stereocenters. The fourth-order valence-electron chi connectivity index (χ4n) is 6.04. The minimum Gasteiger partial charge on any atom is -0.300 e. The number of benzene rings is 4. The van der Waals surface area contributed by atoms with E-state index in [1.54, 1.807) is 36.4 Å². The maximum absolute atomic E-state index is 15.4. The zero-order valence-corrected chi connectivity index (χ0v) is 25.6. The van der Waals surface area contributed by atoms with Gasteiger partial charge in [0.2, 0.25) is 0 Å². The molecule has 0 saturated carbocycles. The molecule has 4 aromatic carbocycles. The first-order valence-corrected chi connectivity index (χ1v) is 13.6. The van der Waals surface area contributed by atoms with Crippen molar-refractivity contribution >= 4 is 11.4 Å². The maximum atomic E-state index is 15.4. The van der Waals surface area contributed by atoms with Gasteiger partial charge in [-0.1, -0.05) is 72.8 Å². The van der Waals surface area contributed by atoms with Crippen LogP contribution in [0.5, 0.6) is 0 Å². The predicted molar refractivity (Wildman–Crippen MR) is 160 cm³/mol. The van der Waals surface area contributed by atoms with Crippen LogP contribution in [0.15, 0.2) is 97.1 Å². The first-order valence-electron chi connectivity index (χ1n) is 13.6. The summed E-state index contributed by atoms with van der Waals surface area (Å²) in [6.07, 6.45) is 0. The number of rotatable bonds is 4. The molecule has 46 heavy (non-hydrogen) atoms. The van der Waals surface area contributed by atoms with Crippen molar-refractivity contribution in [3.63, 3.8) is 0 Å². The van der Waals surface area contributed by atoms with Crippen LogP contribution in [0.25, 0.3) is 43.3 Å². The second-order valence-electron chi connectivity index (χ2n) is 10.2. The fraction of sp³-hybridized carbons (Fsp3) is 0.0270. The summed E-state index contributed by atoms with van der Waals surface area (Å²) >= 11 is 0. The number of halogens is 4. The van der Waals surface area contributed by atoms with E-state index in [9.17, 15) is 8.78 Å².